The maximum atomic E-state index is 13.7. The Morgan fingerprint density at radius 1 is 0.794 bits per heavy atom. The summed E-state index contributed by atoms with van der Waals surface area (Å²) in [6.07, 6.45) is -0.887. The van der Waals surface area contributed by atoms with Crippen molar-refractivity contribution in [2.24, 2.45) is 5.92 Å². The smallest absolute Gasteiger partial charge is 0.266 e. The summed E-state index contributed by atoms with van der Waals surface area (Å²) in [5, 5.41) is 1.72. The molecule has 2 heterocycles. The number of benzene rings is 3. The molecule has 2 fully saturated rings. The molecule has 3 aromatic rings. The van der Waals surface area contributed by atoms with Crippen LogP contribution in [0, 0.1) is 5.92 Å². The maximum Gasteiger partial charge on any atom is 0.266 e. The molecule has 0 aliphatic carbocycles. The van der Waals surface area contributed by atoms with Crippen LogP contribution in [0.4, 0.5) is 11.4 Å². The molecule has 6 heteroatoms. The van der Waals surface area contributed by atoms with E-state index in [1.54, 1.807) is 36.4 Å². The van der Waals surface area contributed by atoms with Gasteiger partial charge in [-0.1, -0.05) is 63.2 Å². The molecule has 174 valence electrons. The summed E-state index contributed by atoms with van der Waals surface area (Å²) in [5.74, 6) is -0.611. The summed E-state index contributed by atoms with van der Waals surface area (Å²) in [7, 11) is 1.58. The van der Waals surface area contributed by atoms with Crippen molar-refractivity contribution in [1.29, 1.82) is 0 Å². The fourth-order valence-corrected chi connectivity index (χ4v) is 4.72. The number of methoxy groups -OCH3 is 1. The molecule has 3 atom stereocenters. The van der Waals surface area contributed by atoms with Gasteiger partial charge in [0.05, 0.1) is 24.5 Å². The minimum atomic E-state index is -0.887. The van der Waals surface area contributed by atoms with E-state index in [1.807, 2.05) is 42.5 Å². The van der Waals surface area contributed by atoms with Gasteiger partial charge >= 0.3 is 0 Å². The Morgan fingerprint density at radius 2 is 1.44 bits per heavy atom. The summed E-state index contributed by atoms with van der Waals surface area (Å²) in [5.41, 5.74) is 3.46. The van der Waals surface area contributed by atoms with Gasteiger partial charge in [0, 0.05) is 0 Å². The molecule has 2 aliphatic heterocycles. The van der Waals surface area contributed by atoms with E-state index in [1.165, 1.54) is 10.5 Å². The third-order valence-electron chi connectivity index (χ3n) is 6.57. The van der Waals surface area contributed by atoms with Crippen LogP contribution in [0.1, 0.15) is 37.9 Å². The van der Waals surface area contributed by atoms with Crippen LogP contribution in [0.3, 0.4) is 0 Å². The van der Waals surface area contributed by atoms with E-state index < -0.39 is 18.1 Å². The Hall–Kier alpha value is -3.64. The molecule has 2 saturated heterocycles. The van der Waals surface area contributed by atoms with Gasteiger partial charge in [-0.15, -0.1) is 0 Å². The number of ether oxygens (including phenoxy) is 1. The van der Waals surface area contributed by atoms with E-state index >= 15 is 0 Å². The Labute approximate surface area is 199 Å². The van der Waals surface area contributed by atoms with Crippen LogP contribution in [0.25, 0.3) is 0 Å². The number of para-hydroxylation sites is 1. The monoisotopic (exact) mass is 456 g/mol. The van der Waals surface area contributed by atoms with Crippen molar-refractivity contribution in [3.8, 4) is 5.75 Å². The van der Waals surface area contributed by atoms with Gasteiger partial charge < -0.3 is 4.74 Å². The first-order valence-corrected chi connectivity index (χ1v) is 11.4. The molecule has 6 nitrogen and oxygen atoms in total. The number of amides is 2. The lowest BCUT2D eigenvalue weighted by atomic mass is 9.84. The summed E-state index contributed by atoms with van der Waals surface area (Å²) in [6.45, 7) is 6.50. The number of hydrogen-bond donors (Lipinski definition) is 0. The van der Waals surface area contributed by atoms with E-state index in [-0.39, 0.29) is 17.2 Å². The number of rotatable bonds is 4. The van der Waals surface area contributed by atoms with Crippen LogP contribution in [0.15, 0.2) is 78.9 Å². The van der Waals surface area contributed by atoms with Crippen LogP contribution in [-0.4, -0.2) is 25.0 Å². The van der Waals surface area contributed by atoms with Crippen molar-refractivity contribution in [1.82, 2.24) is 0 Å². The molecular weight excluding hydrogens is 428 g/mol. The van der Waals surface area contributed by atoms with Crippen LogP contribution in [-0.2, 0) is 19.8 Å². The summed E-state index contributed by atoms with van der Waals surface area (Å²) in [6, 6.07) is 24.4. The topological polar surface area (TPSA) is 59.1 Å². The lowest BCUT2D eigenvalue weighted by Crippen LogP contribution is -2.37. The largest absolute Gasteiger partial charge is 0.497 e. The second-order valence-corrected chi connectivity index (χ2v) is 9.74. The van der Waals surface area contributed by atoms with Gasteiger partial charge in [0.1, 0.15) is 11.7 Å². The first-order chi connectivity index (χ1) is 16.3. The normalized spacial score (nSPS) is 22.3. The molecule has 34 heavy (non-hydrogen) atoms. The second-order valence-electron chi connectivity index (χ2n) is 9.74. The minimum absolute atomic E-state index is 0.0106. The summed E-state index contributed by atoms with van der Waals surface area (Å²) in [4.78, 5) is 34.6. The lowest BCUT2D eigenvalue weighted by Gasteiger charge is -2.29. The zero-order chi connectivity index (χ0) is 24.0. The number of anilines is 2. The fraction of sp³-hybridized carbons (Fsp3) is 0.286. The van der Waals surface area contributed by atoms with Gasteiger partial charge in [-0.2, -0.15) is 0 Å². The number of imide groups is 1. The third-order valence-corrected chi connectivity index (χ3v) is 6.57. The lowest BCUT2D eigenvalue weighted by molar-refractivity contribution is -0.126. The highest BCUT2D eigenvalue weighted by atomic mass is 16.7. The number of nitrogens with zero attached hydrogens (tertiary/aromatic N) is 2. The van der Waals surface area contributed by atoms with Crippen molar-refractivity contribution < 1.29 is 19.2 Å². The fourth-order valence-electron chi connectivity index (χ4n) is 4.72. The van der Waals surface area contributed by atoms with E-state index in [2.05, 4.69) is 32.9 Å². The van der Waals surface area contributed by atoms with Crippen molar-refractivity contribution >= 4 is 23.2 Å². The number of hydroxylamine groups is 1. The molecule has 0 radical (unpaired) electrons. The first-order valence-electron chi connectivity index (χ1n) is 11.4. The van der Waals surface area contributed by atoms with E-state index in [9.17, 15) is 9.59 Å². The number of fused-ring (bicyclic) bond motifs is 1. The van der Waals surface area contributed by atoms with E-state index in [0.717, 1.165) is 11.3 Å². The zero-order valence-electron chi connectivity index (χ0n) is 19.8. The quantitative estimate of drug-likeness (QED) is 0.515. The SMILES string of the molecule is COc1ccc(N2C(=O)[C@@H]3[C@H](ON(c4ccccc4)[C@H]3c3ccc(C(C)(C)C)cc3)C2=O)cc1. The zero-order valence-corrected chi connectivity index (χ0v) is 19.8. The molecule has 2 aliphatic rings. The first kappa shape index (κ1) is 22.2. The highest BCUT2D eigenvalue weighted by Crippen LogP contribution is 2.47. The van der Waals surface area contributed by atoms with Crippen molar-refractivity contribution in [3.63, 3.8) is 0 Å². The molecule has 0 aromatic heterocycles. The predicted octanol–water partition coefficient (Wildman–Crippen LogP) is 5.04. The molecule has 3 aromatic carbocycles. The second kappa shape index (κ2) is 8.29. The Balaban J connectivity index is 1.55. The van der Waals surface area contributed by atoms with Crippen LogP contribution >= 0.6 is 0 Å². The highest BCUT2D eigenvalue weighted by molar-refractivity contribution is 6.23. The molecule has 0 unspecified atom stereocenters. The average molecular weight is 457 g/mol. The van der Waals surface area contributed by atoms with Crippen LogP contribution < -0.4 is 14.7 Å². The molecule has 0 bridgehead atoms. The van der Waals surface area contributed by atoms with Gasteiger partial charge in [0.25, 0.3) is 5.91 Å². The third kappa shape index (κ3) is 3.64. The van der Waals surface area contributed by atoms with Gasteiger partial charge in [-0.25, -0.2) is 9.96 Å². The highest BCUT2D eigenvalue weighted by Gasteiger charge is 2.60. The van der Waals surface area contributed by atoms with E-state index in [0.29, 0.717) is 11.4 Å². The number of carbonyl (C=O) groups is 2. The van der Waals surface area contributed by atoms with Crippen LogP contribution in [0.2, 0.25) is 0 Å². The molecule has 2 amide bonds. The van der Waals surface area contributed by atoms with Crippen molar-refractivity contribution in [2.75, 3.05) is 17.1 Å². The molecular formula is C28H28N2O4. The Kier molecular flexibility index (Phi) is 5.41. The van der Waals surface area contributed by atoms with Crippen molar-refractivity contribution in [3.05, 3.63) is 90.0 Å². The van der Waals surface area contributed by atoms with Gasteiger partial charge in [-0.3, -0.25) is 14.4 Å². The Bertz CT molecular complexity index is 1200. The minimum Gasteiger partial charge on any atom is -0.497 e. The molecule has 0 saturated carbocycles. The predicted molar refractivity (Wildman–Crippen MR) is 131 cm³/mol. The number of carbonyl (C=O) groups excluding carboxylic acids is 2. The average Bonchev–Trinajstić information content (AvgIpc) is 3.35. The molecule has 5 rings (SSSR count). The van der Waals surface area contributed by atoms with E-state index in [4.69, 9.17) is 9.57 Å². The summed E-state index contributed by atoms with van der Waals surface area (Å²) >= 11 is 0. The number of hydrogen-bond acceptors (Lipinski definition) is 5. The Morgan fingerprint density at radius 3 is 2.03 bits per heavy atom. The standard InChI is InChI=1S/C28H28N2O4/c1-28(2,3)19-12-10-18(11-13-19)24-23-25(34-30(24)21-8-6-5-7-9-21)27(32)29(26(23)31)20-14-16-22(33-4)17-15-20/h5-17,23-25H,1-4H3/t23-,24-,25-/m0/s1. The van der Waals surface area contributed by atoms with Gasteiger partial charge in [0.2, 0.25) is 5.91 Å². The maximum absolute atomic E-state index is 13.7. The van der Waals surface area contributed by atoms with Crippen LogP contribution in [0.5, 0.6) is 5.75 Å². The van der Waals surface area contributed by atoms with Gasteiger partial charge in [-0.05, 0) is 52.9 Å². The summed E-state index contributed by atoms with van der Waals surface area (Å²) < 4.78 is 5.21. The van der Waals surface area contributed by atoms with Crippen molar-refractivity contribution in [2.45, 2.75) is 38.3 Å². The van der Waals surface area contributed by atoms with Gasteiger partial charge in [0.15, 0.2) is 6.10 Å². The molecule has 0 spiro atoms. The molecule has 0 N–H and O–H groups in total.